The maximum atomic E-state index is 8.20. The summed E-state index contributed by atoms with van der Waals surface area (Å²) in [5, 5.41) is 11.4. The number of aliphatic hydroxyl groups excluding tert-OH is 1. The fourth-order valence-corrected chi connectivity index (χ4v) is 0.125. The van der Waals surface area contributed by atoms with Gasteiger partial charge in [0.2, 0.25) is 0 Å². The average Bonchev–Trinajstić information content (AvgIpc) is 2.59. The predicted octanol–water partition coefficient (Wildman–Crippen LogP) is 2.15. The highest BCUT2D eigenvalue weighted by molar-refractivity contribution is 4.55. The van der Waals surface area contributed by atoms with Crippen molar-refractivity contribution in [3.05, 3.63) is 10.4 Å². The van der Waals surface area contributed by atoms with Gasteiger partial charge >= 0.3 is 0 Å². The van der Waals surface area contributed by atoms with Gasteiger partial charge in [0.05, 0.1) is 12.6 Å². The number of rotatable bonds is 2. The van der Waals surface area contributed by atoms with Crippen LogP contribution in [0.3, 0.4) is 0 Å². The Hall–Kier alpha value is -0.730. The van der Waals surface area contributed by atoms with Crippen LogP contribution in [0.15, 0.2) is 5.11 Å². The fourth-order valence-electron chi connectivity index (χ4n) is 0.125. The number of hydrogen-bond donors (Lipinski definition) is 1. The summed E-state index contributed by atoms with van der Waals surface area (Å²) in [6, 6.07) is -0.287. The Kier molecular flexibility index (Phi) is 0.678. The topological polar surface area (TPSA) is 69.0 Å². The number of hydrogen-bond acceptors (Lipinski definition) is 2. The minimum absolute atomic E-state index is 0.0793. The van der Waals surface area contributed by atoms with Gasteiger partial charge in [-0.1, -0.05) is 12.0 Å². The van der Waals surface area contributed by atoms with E-state index in [1.807, 2.05) is 0 Å². The predicted molar refractivity (Wildman–Crippen MR) is 38.4 cm³/mol. The van der Waals surface area contributed by atoms with Crippen LogP contribution in [0, 0.1) is 0 Å². The standard InChI is InChI=1S/C3H7N3O.6H2/c1-3(2-7)5-6-4;;;;;;/h3,7H,2H2,1H3;6*1H/i;6*1+1D. The molecule has 0 saturated carbocycles. The van der Waals surface area contributed by atoms with Crippen LogP contribution in [0.25, 0.3) is 10.4 Å². The monoisotopic (exact) mass is 125 g/mol. The van der Waals surface area contributed by atoms with Crippen LogP contribution in [-0.2, 0) is 0 Å². The number of aliphatic hydroxyl groups is 1. The second-order valence-electron chi connectivity index (χ2n) is 1.24. The van der Waals surface area contributed by atoms with E-state index in [-0.39, 0.29) is 12.6 Å². The Labute approximate surface area is 59.9 Å². The molecule has 0 amide bonds. The third-order valence-corrected chi connectivity index (χ3v) is 0.513. The Morgan fingerprint density at radius 2 is 2.86 bits per heavy atom. The highest BCUT2D eigenvalue weighted by Gasteiger charge is 1.89. The van der Waals surface area contributed by atoms with Gasteiger partial charge in [-0.15, -0.1) is 0 Å². The first-order valence-corrected chi connectivity index (χ1v) is 1.96. The van der Waals surface area contributed by atoms with Gasteiger partial charge in [0, 0.05) is 22.7 Å². The quantitative estimate of drug-likeness (QED) is 0.343. The van der Waals surface area contributed by atoms with Gasteiger partial charge in [0.1, 0.15) is 0 Å². The lowest BCUT2D eigenvalue weighted by molar-refractivity contribution is 0.273. The second-order valence-corrected chi connectivity index (χ2v) is 1.24. The van der Waals surface area contributed by atoms with E-state index in [9.17, 15) is 0 Å². The van der Waals surface area contributed by atoms with Crippen molar-refractivity contribution in [1.82, 2.24) is 0 Å². The molecule has 0 aliphatic rings. The van der Waals surface area contributed by atoms with Crippen molar-refractivity contribution in [2.24, 2.45) is 5.11 Å². The van der Waals surface area contributed by atoms with Crippen molar-refractivity contribution in [3.8, 4) is 0 Å². The second kappa shape index (κ2) is 3.46. The van der Waals surface area contributed by atoms with E-state index in [1.54, 1.807) is 6.92 Å². The summed E-state index contributed by atoms with van der Waals surface area (Å²) >= 11 is 0. The molecule has 0 fully saturated rings. The molecule has 52 valence electrons. The third-order valence-electron chi connectivity index (χ3n) is 0.513. The summed E-state index contributed by atoms with van der Waals surface area (Å²) in [5.41, 5.74) is 7.72. The first kappa shape index (κ1) is 1.37. The number of nitrogens with zero attached hydrogens (tertiary/aromatic N) is 3. The van der Waals surface area contributed by atoms with Crippen LogP contribution in [-0.4, -0.2) is 17.8 Å². The lowest BCUT2D eigenvalue weighted by atomic mass is 10.4. The van der Waals surface area contributed by atoms with Crippen LogP contribution in [0.1, 0.15) is 24.7 Å². The van der Waals surface area contributed by atoms with Crippen molar-refractivity contribution in [3.63, 3.8) is 0 Å². The van der Waals surface area contributed by atoms with Gasteiger partial charge in [0.15, 0.2) is 0 Å². The van der Waals surface area contributed by atoms with E-state index in [0.29, 0.717) is 0 Å². The van der Waals surface area contributed by atoms with Gasteiger partial charge in [-0.2, -0.15) is 0 Å². The zero-order chi connectivity index (χ0) is 17.7. The molecule has 0 heterocycles. The molecule has 1 unspecified atom stereocenters. The Morgan fingerprint density at radius 3 is 3.00 bits per heavy atom. The molecule has 0 rings (SSSR count). The minimum atomic E-state index is -0.287. The first-order chi connectivity index (χ1) is 9.31. The molecule has 0 saturated heterocycles. The zero-order valence-electron chi connectivity index (χ0n) is 16.1. The molecule has 4 nitrogen and oxygen atoms in total. The molecular formula is C3H19N3O. The lowest BCUT2D eigenvalue weighted by Crippen LogP contribution is -2.00. The van der Waals surface area contributed by atoms with E-state index in [4.69, 9.17) is 28.5 Å². The van der Waals surface area contributed by atoms with Crippen LogP contribution in [0.5, 0.6) is 0 Å². The van der Waals surface area contributed by atoms with Crippen molar-refractivity contribution < 1.29 is 22.9 Å². The van der Waals surface area contributed by atoms with Crippen molar-refractivity contribution in [2.75, 3.05) is 6.61 Å². The summed E-state index contributed by atoms with van der Waals surface area (Å²) in [5.74, 6) is 0. The molecule has 0 radical (unpaired) electrons. The number of azide groups is 1. The van der Waals surface area contributed by atoms with Gasteiger partial charge in [0.25, 0.3) is 0 Å². The molecule has 0 aliphatic carbocycles. The van der Waals surface area contributed by atoms with Crippen molar-refractivity contribution in [2.45, 2.75) is 13.0 Å². The molecule has 1 atom stereocenters. The molecule has 7 heavy (non-hydrogen) atoms. The molecule has 0 bridgehead atoms. The van der Waals surface area contributed by atoms with Crippen LogP contribution >= 0.6 is 0 Å². The average molecular weight is 125 g/mol. The van der Waals surface area contributed by atoms with Gasteiger partial charge in [-0.3, -0.25) is 0 Å². The summed E-state index contributed by atoms with van der Waals surface area (Å²) in [6.45, 7) is 1.56. The Balaban J connectivity index is -0.0000000205. The van der Waals surface area contributed by atoms with E-state index in [0.717, 1.165) is 0 Å². The molecular weight excluding hydrogens is 94.1 g/mol. The van der Waals surface area contributed by atoms with E-state index in [1.165, 1.54) is 0 Å². The molecule has 0 aromatic carbocycles. The van der Waals surface area contributed by atoms with Gasteiger partial charge < -0.3 is 5.11 Å². The summed E-state index contributed by atoms with van der Waals surface area (Å²) in [6.07, 6.45) is 0. The Morgan fingerprint density at radius 1 is 2.29 bits per heavy atom. The molecule has 0 spiro atoms. The van der Waals surface area contributed by atoms with Crippen molar-refractivity contribution >= 4 is 0 Å². The van der Waals surface area contributed by atoms with Crippen molar-refractivity contribution in [1.29, 1.82) is 0 Å². The normalized spacial score (nSPS) is 19.1. The third kappa shape index (κ3) is 3.09. The maximum absolute atomic E-state index is 8.20. The maximum Gasteiger partial charge on any atom is 0.0577 e. The largest absolute Gasteiger partial charge is 0.396 e. The molecule has 0 aliphatic heterocycles. The van der Waals surface area contributed by atoms with Crippen LogP contribution in [0.2, 0.25) is 0 Å². The minimum Gasteiger partial charge on any atom is -0.396 e. The highest BCUT2D eigenvalue weighted by Crippen LogP contribution is 1.84. The van der Waals surface area contributed by atoms with Crippen LogP contribution < -0.4 is 0 Å². The molecule has 0 aromatic rings. The molecule has 0 aromatic heterocycles. The Bertz CT molecular complexity index is 104. The SMILES string of the molecule is CC(CO)N=[N+]=[N-].[2H][2H].[2H][2H].[2H][2H].[2H][2H].[2H][2H].[2H][2H]. The van der Waals surface area contributed by atoms with Gasteiger partial charge in [-0.05, 0) is 5.53 Å². The lowest BCUT2D eigenvalue weighted by Gasteiger charge is -1.91. The smallest absolute Gasteiger partial charge is 0.0577 e. The van der Waals surface area contributed by atoms with E-state index < -0.39 is 0 Å². The summed E-state index contributed by atoms with van der Waals surface area (Å²) in [4.78, 5) is 2.47. The summed E-state index contributed by atoms with van der Waals surface area (Å²) in [7, 11) is 0. The fraction of sp³-hybridized carbons (Fsp3) is 1.00. The van der Waals surface area contributed by atoms with E-state index >= 15 is 0 Å². The van der Waals surface area contributed by atoms with Crippen LogP contribution in [0.4, 0.5) is 0 Å². The highest BCUT2D eigenvalue weighted by atomic mass is 16.3. The molecule has 1 N–H and O–H groups in total. The van der Waals surface area contributed by atoms with Gasteiger partial charge in [-0.25, -0.2) is 0 Å². The summed E-state index contributed by atoms with van der Waals surface area (Å²) < 4.78 is 60.0. The van der Waals surface area contributed by atoms with E-state index in [2.05, 4.69) is 10.0 Å². The first-order valence-electron chi connectivity index (χ1n) is 7.96. The molecule has 4 heteroatoms. The zero-order valence-corrected chi connectivity index (χ0v) is 4.07.